The first kappa shape index (κ1) is 13.3. The Hall–Kier alpha value is -2.11. The van der Waals surface area contributed by atoms with Crippen LogP contribution in [0.4, 0.5) is 5.69 Å². The molecule has 2 heterocycles. The third kappa shape index (κ3) is 2.67. The highest BCUT2D eigenvalue weighted by Gasteiger charge is 2.32. The van der Waals surface area contributed by atoms with E-state index in [0.29, 0.717) is 0 Å². The zero-order valence-corrected chi connectivity index (χ0v) is 11.0. The molecule has 6 nitrogen and oxygen atoms in total. The van der Waals surface area contributed by atoms with Crippen LogP contribution in [-0.2, 0) is 14.3 Å². The van der Waals surface area contributed by atoms with Gasteiger partial charge in [0.25, 0.3) is 0 Å². The van der Waals surface area contributed by atoms with Crippen LogP contribution in [0.3, 0.4) is 0 Å². The monoisotopic (exact) mass is 264 g/mol. The van der Waals surface area contributed by atoms with Crippen molar-refractivity contribution in [2.45, 2.75) is 18.9 Å². The minimum absolute atomic E-state index is 0.232. The normalized spacial score (nSPS) is 18.2. The summed E-state index contributed by atoms with van der Waals surface area (Å²) in [7, 11) is 2.69. The predicted octanol–water partition coefficient (Wildman–Crippen LogP) is 1.01. The van der Waals surface area contributed by atoms with Gasteiger partial charge in [-0.2, -0.15) is 0 Å². The number of anilines is 1. The Morgan fingerprint density at radius 1 is 1.37 bits per heavy atom. The van der Waals surface area contributed by atoms with Gasteiger partial charge >= 0.3 is 11.9 Å². The topological polar surface area (TPSA) is 68.7 Å². The molecule has 1 fully saturated rings. The lowest BCUT2D eigenvalue weighted by atomic mass is 10.2. The molecule has 0 bridgehead atoms. The third-order valence-corrected chi connectivity index (χ3v) is 3.20. The van der Waals surface area contributed by atoms with Crippen LogP contribution in [0.2, 0.25) is 0 Å². The summed E-state index contributed by atoms with van der Waals surface area (Å²) in [5.41, 5.74) is 1.01. The quantitative estimate of drug-likeness (QED) is 0.759. The highest BCUT2D eigenvalue weighted by Crippen LogP contribution is 2.26. The molecule has 1 atom stereocenters. The molecule has 102 valence electrons. The molecule has 2 rings (SSSR count). The van der Waals surface area contributed by atoms with Crippen molar-refractivity contribution < 1.29 is 19.1 Å². The van der Waals surface area contributed by atoms with Crippen molar-refractivity contribution in [2.75, 3.05) is 25.7 Å². The van der Waals surface area contributed by atoms with E-state index in [4.69, 9.17) is 4.74 Å². The van der Waals surface area contributed by atoms with Crippen molar-refractivity contribution >= 4 is 17.6 Å². The molecule has 1 unspecified atom stereocenters. The second-order valence-corrected chi connectivity index (χ2v) is 4.27. The maximum atomic E-state index is 11.7. The number of methoxy groups -OCH3 is 2. The minimum Gasteiger partial charge on any atom is -0.467 e. The van der Waals surface area contributed by atoms with E-state index in [1.807, 2.05) is 4.90 Å². The lowest BCUT2D eigenvalue weighted by Gasteiger charge is -2.24. The Morgan fingerprint density at radius 2 is 2.16 bits per heavy atom. The molecular weight excluding hydrogens is 248 g/mol. The molecular formula is C13H16N2O4. The molecule has 6 heteroatoms. The minimum atomic E-state index is -0.490. The van der Waals surface area contributed by atoms with Gasteiger partial charge in [-0.15, -0.1) is 0 Å². The zero-order valence-electron chi connectivity index (χ0n) is 11.0. The van der Waals surface area contributed by atoms with Crippen LogP contribution in [0, 0.1) is 0 Å². The Labute approximate surface area is 111 Å². The Morgan fingerprint density at radius 3 is 2.84 bits per heavy atom. The lowest BCUT2D eigenvalue weighted by molar-refractivity contribution is -0.141. The fourth-order valence-electron chi connectivity index (χ4n) is 2.27. The predicted molar refractivity (Wildman–Crippen MR) is 68.0 cm³/mol. The van der Waals surface area contributed by atoms with E-state index >= 15 is 0 Å². The van der Waals surface area contributed by atoms with Gasteiger partial charge in [0.1, 0.15) is 11.7 Å². The molecule has 0 aliphatic carbocycles. The van der Waals surface area contributed by atoms with Crippen LogP contribution < -0.4 is 4.90 Å². The number of ether oxygens (including phenoxy) is 2. The van der Waals surface area contributed by atoms with Crippen molar-refractivity contribution in [1.29, 1.82) is 0 Å². The summed E-state index contributed by atoms with van der Waals surface area (Å²) >= 11 is 0. The smallest absolute Gasteiger partial charge is 0.356 e. The second-order valence-electron chi connectivity index (χ2n) is 4.27. The molecule has 0 amide bonds. The molecule has 19 heavy (non-hydrogen) atoms. The first-order valence-electron chi connectivity index (χ1n) is 6.06. The average molecular weight is 264 g/mol. The number of rotatable bonds is 3. The van der Waals surface area contributed by atoms with Crippen molar-refractivity contribution in [3.05, 3.63) is 24.0 Å². The molecule has 1 aromatic heterocycles. The Kier molecular flexibility index (Phi) is 3.99. The summed E-state index contributed by atoms with van der Waals surface area (Å²) < 4.78 is 9.43. The summed E-state index contributed by atoms with van der Waals surface area (Å²) in [6.45, 7) is 0.754. The highest BCUT2D eigenvalue weighted by molar-refractivity contribution is 5.88. The summed E-state index contributed by atoms with van der Waals surface area (Å²) in [5, 5.41) is 0. The van der Waals surface area contributed by atoms with E-state index < -0.39 is 5.97 Å². The first-order chi connectivity index (χ1) is 9.17. The van der Waals surface area contributed by atoms with Crippen molar-refractivity contribution in [1.82, 2.24) is 4.98 Å². The molecule has 1 saturated heterocycles. The fraction of sp³-hybridized carbons (Fsp3) is 0.462. The molecule has 1 aromatic rings. The number of carbonyl (C=O) groups excluding carboxylic acids is 2. The van der Waals surface area contributed by atoms with E-state index in [9.17, 15) is 9.59 Å². The van der Waals surface area contributed by atoms with Crippen LogP contribution in [-0.4, -0.2) is 43.7 Å². The van der Waals surface area contributed by atoms with Crippen LogP contribution in [0.25, 0.3) is 0 Å². The van der Waals surface area contributed by atoms with Gasteiger partial charge in [-0.3, -0.25) is 0 Å². The molecule has 0 N–H and O–H groups in total. The largest absolute Gasteiger partial charge is 0.467 e. The van der Waals surface area contributed by atoms with E-state index in [1.54, 1.807) is 12.1 Å². The maximum Gasteiger partial charge on any atom is 0.356 e. The van der Waals surface area contributed by atoms with Crippen molar-refractivity contribution in [3.63, 3.8) is 0 Å². The zero-order chi connectivity index (χ0) is 13.8. The standard InChI is InChI=1S/C13H16N2O4/c1-18-12(16)10-8-9(5-6-14-10)15-7-3-4-11(15)13(17)19-2/h5-6,8,11H,3-4,7H2,1-2H3. The van der Waals surface area contributed by atoms with E-state index in [0.717, 1.165) is 25.1 Å². The number of aromatic nitrogens is 1. The molecule has 1 aliphatic heterocycles. The molecule has 0 aromatic carbocycles. The number of carbonyl (C=O) groups is 2. The van der Waals surface area contributed by atoms with Gasteiger partial charge in [0.2, 0.25) is 0 Å². The van der Waals surface area contributed by atoms with Gasteiger partial charge in [-0.05, 0) is 25.0 Å². The molecule has 0 saturated carbocycles. The molecule has 0 radical (unpaired) electrons. The van der Waals surface area contributed by atoms with Gasteiger partial charge in [0, 0.05) is 18.4 Å². The van der Waals surface area contributed by atoms with Crippen molar-refractivity contribution in [3.8, 4) is 0 Å². The first-order valence-corrected chi connectivity index (χ1v) is 6.06. The van der Waals surface area contributed by atoms with Gasteiger partial charge in [-0.25, -0.2) is 14.6 Å². The summed E-state index contributed by atoms with van der Waals surface area (Å²) in [5.74, 6) is -0.746. The third-order valence-electron chi connectivity index (χ3n) is 3.20. The molecule has 1 aliphatic rings. The summed E-state index contributed by atoms with van der Waals surface area (Å²) in [6, 6.07) is 3.11. The Balaban J connectivity index is 2.26. The number of hydrogen-bond acceptors (Lipinski definition) is 6. The second kappa shape index (κ2) is 5.69. The highest BCUT2D eigenvalue weighted by atomic mass is 16.5. The number of hydrogen-bond donors (Lipinski definition) is 0. The van der Waals surface area contributed by atoms with E-state index in [-0.39, 0.29) is 17.7 Å². The van der Waals surface area contributed by atoms with Crippen LogP contribution in [0.15, 0.2) is 18.3 Å². The van der Waals surface area contributed by atoms with Gasteiger partial charge in [0.15, 0.2) is 0 Å². The SMILES string of the molecule is COC(=O)c1cc(N2CCCC2C(=O)OC)ccn1. The maximum absolute atomic E-state index is 11.7. The van der Waals surface area contributed by atoms with E-state index in [1.165, 1.54) is 20.4 Å². The van der Waals surface area contributed by atoms with Gasteiger partial charge in [0.05, 0.1) is 14.2 Å². The van der Waals surface area contributed by atoms with Crippen LogP contribution in [0.1, 0.15) is 23.3 Å². The van der Waals surface area contributed by atoms with Crippen molar-refractivity contribution in [2.24, 2.45) is 0 Å². The number of esters is 2. The van der Waals surface area contributed by atoms with Gasteiger partial charge < -0.3 is 14.4 Å². The number of pyridine rings is 1. The van der Waals surface area contributed by atoms with Crippen LogP contribution in [0.5, 0.6) is 0 Å². The fourth-order valence-corrected chi connectivity index (χ4v) is 2.27. The lowest BCUT2D eigenvalue weighted by Crippen LogP contribution is -2.37. The van der Waals surface area contributed by atoms with E-state index in [2.05, 4.69) is 9.72 Å². The summed E-state index contributed by atoms with van der Waals surface area (Å²) in [6.07, 6.45) is 3.20. The van der Waals surface area contributed by atoms with Crippen LogP contribution >= 0.6 is 0 Å². The molecule has 0 spiro atoms. The Bertz CT molecular complexity index is 489. The number of nitrogens with zero attached hydrogens (tertiary/aromatic N) is 2. The van der Waals surface area contributed by atoms with Gasteiger partial charge in [-0.1, -0.05) is 0 Å². The average Bonchev–Trinajstić information content (AvgIpc) is 2.95. The summed E-state index contributed by atoms with van der Waals surface area (Å²) in [4.78, 5) is 29.0.